The van der Waals surface area contributed by atoms with Gasteiger partial charge >= 0.3 is 5.97 Å². The van der Waals surface area contributed by atoms with Crippen molar-refractivity contribution >= 4 is 5.97 Å². The molecule has 2 aromatic rings. The summed E-state index contributed by atoms with van der Waals surface area (Å²) in [6.45, 7) is 2.69. The first-order valence-electron chi connectivity index (χ1n) is 6.55. The molecule has 102 valence electrons. The van der Waals surface area contributed by atoms with E-state index in [4.69, 9.17) is 10.00 Å². The zero-order chi connectivity index (χ0) is 14.4. The van der Waals surface area contributed by atoms with Crippen LogP contribution in [0.1, 0.15) is 23.7 Å². The zero-order valence-electron chi connectivity index (χ0n) is 11.4. The normalized spacial score (nSPS) is 10.0. The number of carbonyl (C=O) groups is 1. The van der Waals surface area contributed by atoms with Gasteiger partial charge in [-0.25, -0.2) is 4.79 Å². The topological polar surface area (TPSA) is 55.0 Å². The third kappa shape index (κ3) is 3.07. The van der Waals surface area contributed by atoms with E-state index in [2.05, 4.69) is 6.07 Å². The fraction of sp³-hybridized carbons (Fsp3) is 0.250. The van der Waals surface area contributed by atoms with Gasteiger partial charge in [0.2, 0.25) is 0 Å². The number of aromatic nitrogens is 1. The van der Waals surface area contributed by atoms with Crippen molar-refractivity contribution in [3.8, 4) is 17.2 Å². The fourth-order valence-electron chi connectivity index (χ4n) is 2.04. The van der Waals surface area contributed by atoms with E-state index in [1.165, 1.54) is 0 Å². The lowest BCUT2D eigenvalue weighted by Crippen LogP contribution is -2.05. The maximum Gasteiger partial charge on any atom is 0.340 e. The van der Waals surface area contributed by atoms with Gasteiger partial charge in [-0.3, -0.25) is 0 Å². The van der Waals surface area contributed by atoms with Crippen molar-refractivity contribution in [3.63, 3.8) is 0 Å². The van der Waals surface area contributed by atoms with Crippen molar-refractivity contribution in [1.82, 2.24) is 4.57 Å². The molecule has 0 aliphatic rings. The smallest absolute Gasteiger partial charge is 0.340 e. The number of hydrogen-bond donors (Lipinski definition) is 0. The molecule has 0 radical (unpaired) electrons. The summed E-state index contributed by atoms with van der Waals surface area (Å²) in [6, 6.07) is 11.8. The maximum atomic E-state index is 12.0. The lowest BCUT2D eigenvalue weighted by molar-refractivity contribution is 0.0527. The van der Waals surface area contributed by atoms with Gasteiger partial charge in [0, 0.05) is 24.5 Å². The van der Waals surface area contributed by atoms with Crippen molar-refractivity contribution in [2.24, 2.45) is 0 Å². The van der Waals surface area contributed by atoms with E-state index in [9.17, 15) is 4.79 Å². The third-order valence-corrected chi connectivity index (χ3v) is 2.94. The van der Waals surface area contributed by atoms with Crippen molar-refractivity contribution in [1.29, 1.82) is 5.26 Å². The number of rotatable bonds is 5. The summed E-state index contributed by atoms with van der Waals surface area (Å²) < 4.78 is 6.95. The number of esters is 1. The highest BCUT2D eigenvalue weighted by atomic mass is 16.5. The Kier molecular flexibility index (Phi) is 4.56. The number of aryl methyl sites for hydroxylation is 1. The van der Waals surface area contributed by atoms with Gasteiger partial charge in [-0.15, -0.1) is 0 Å². The van der Waals surface area contributed by atoms with E-state index in [-0.39, 0.29) is 5.97 Å². The van der Waals surface area contributed by atoms with Crippen molar-refractivity contribution in [2.75, 3.05) is 6.61 Å². The quantitative estimate of drug-likeness (QED) is 0.782. The minimum atomic E-state index is -0.331. The van der Waals surface area contributed by atoms with Gasteiger partial charge < -0.3 is 9.30 Å². The van der Waals surface area contributed by atoms with Gasteiger partial charge in [-0.1, -0.05) is 30.3 Å². The van der Waals surface area contributed by atoms with Crippen LogP contribution in [0.3, 0.4) is 0 Å². The number of nitrogens with zero attached hydrogens (tertiary/aromatic N) is 2. The Labute approximate surface area is 118 Å². The van der Waals surface area contributed by atoms with Crippen LogP contribution in [-0.2, 0) is 11.3 Å². The highest BCUT2D eigenvalue weighted by molar-refractivity contribution is 5.97. The van der Waals surface area contributed by atoms with Crippen LogP contribution in [0.5, 0.6) is 0 Å². The van der Waals surface area contributed by atoms with Crippen LogP contribution in [-0.4, -0.2) is 17.1 Å². The number of ether oxygens (including phenoxy) is 1. The van der Waals surface area contributed by atoms with E-state index < -0.39 is 0 Å². The third-order valence-electron chi connectivity index (χ3n) is 2.94. The van der Waals surface area contributed by atoms with Gasteiger partial charge in [0.15, 0.2) is 0 Å². The maximum absolute atomic E-state index is 12.0. The molecule has 0 saturated heterocycles. The summed E-state index contributed by atoms with van der Waals surface area (Å²) in [4.78, 5) is 12.0. The largest absolute Gasteiger partial charge is 0.462 e. The average Bonchev–Trinajstić information content (AvgIpc) is 2.90. The van der Waals surface area contributed by atoms with Gasteiger partial charge in [0.1, 0.15) is 0 Å². The molecule has 4 heteroatoms. The fourth-order valence-corrected chi connectivity index (χ4v) is 2.04. The van der Waals surface area contributed by atoms with Gasteiger partial charge in [-0.2, -0.15) is 5.26 Å². The van der Waals surface area contributed by atoms with Gasteiger partial charge in [0.25, 0.3) is 0 Å². The first-order chi connectivity index (χ1) is 9.76. The van der Waals surface area contributed by atoms with E-state index in [0.29, 0.717) is 25.1 Å². The monoisotopic (exact) mass is 268 g/mol. The number of hydrogen-bond acceptors (Lipinski definition) is 3. The minimum absolute atomic E-state index is 0.331. The molecule has 0 atom stereocenters. The van der Waals surface area contributed by atoms with Crippen LogP contribution in [0.4, 0.5) is 0 Å². The lowest BCUT2D eigenvalue weighted by atomic mass is 10.1. The molecule has 1 aromatic carbocycles. The Bertz CT molecular complexity index is 624. The van der Waals surface area contributed by atoms with Crippen LogP contribution < -0.4 is 0 Å². The van der Waals surface area contributed by atoms with Crippen LogP contribution in [0.25, 0.3) is 11.1 Å². The second-order valence-corrected chi connectivity index (χ2v) is 4.32. The first-order valence-corrected chi connectivity index (χ1v) is 6.55. The molecule has 0 aliphatic carbocycles. The Hall–Kier alpha value is -2.54. The number of nitriles is 1. The average molecular weight is 268 g/mol. The summed E-state index contributed by atoms with van der Waals surface area (Å²) in [5, 5.41) is 8.66. The Morgan fingerprint density at radius 1 is 1.30 bits per heavy atom. The zero-order valence-corrected chi connectivity index (χ0v) is 11.4. The van der Waals surface area contributed by atoms with Crippen molar-refractivity contribution in [2.45, 2.75) is 19.9 Å². The molecule has 0 spiro atoms. The van der Waals surface area contributed by atoms with Crippen LogP contribution in [0.15, 0.2) is 42.7 Å². The molecule has 0 fully saturated rings. The van der Waals surface area contributed by atoms with E-state index in [1.807, 2.05) is 41.1 Å². The summed E-state index contributed by atoms with van der Waals surface area (Å²) in [6.07, 6.45) is 4.04. The molecule has 20 heavy (non-hydrogen) atoms. The first kappa shape index (κ1) is 13.9. The molecule has 0 bridgehead atoms. The molecule has 0 saturated carbocycles. The summed E-state index contributed by atoms with van der Waals surface area (Å²) in [7, 11) is 0. The molecule has 0 aliphatic heterocycles. The van der Waals surface area contributed by atoms with E-state index in [0.717, 1.165) is 11.1 Å². The molecular weight excluding hydrogens is 252 g/mol. The molecule has 0 N–H and O–H groups in total. The number of benzene rings is 1. The second kappa shape index (κ2) is 6.58. The SMILES string of the molecule is CCOC(=O)c1cn(CCC#N)cc1-c1ccccc1. The molecule has 1 heterocycles. The molecule has 0 amide bonds. The molecule has 4 nitrogen and oxygen atoms in total. The molecule has 0 unspecified atom stereocenters. The summed E-state index contributed by atoms with van der Waals surface area (Å²) in [5.74, 6) is -0.331. The van der Waals surface area contributed by atoms with E-state index >= 15 is 0 Å². The van der Waals surface area contributed by atoms with E-state index in [1.54, 1.807) is 13.1 Å². The van der Waals surface area contributed by atoms with Crippen molar-refractivity contribution < 1.29 is 9.53 Å². The number of carbonyl (C=O) groups excluding carboxylic acids is 1. The predicted molar refractivity (Wildman–Crippen MR) is 76.1 cm³/mol. The van der Waals surface area contributed by atoms with Gasteiger partial charge in [-0.05, 0) is 12.5 Å². The molecule has 2 rings (SSSR count). The standard InChI is InChI=1S/C16H16N2O2/c1-2-20-16(19)15-12-18(10-6-9-17)11-14(15)13-7-4-3-5-8-13/h3-5,7-8,11-12H,2,6,10H2,1H3. The van der Waals surface area contributed by atoms with Crippen molar-refractivity contribution in [3.05, 3.63) is 48.3 Å². The Morgan fingerprint density at radius 2 is 2.05 bits per heavy atom. The highest BCUT2D eigenvalue weighted by Gasteiger charge is 2.16. The van der Waals surface area contributed by atoms with Crippen LogP contribution >= 0.6 is 0 Å². The van der Waals surface area contributed by atoms with Crippen LogP contribution in [0.2, 0.25) is 0 Å². The lowest BCUT2D eigenvalue weighted by Gasteiger charge is -2.03. The van der Waals surface area contributed by atoms with Gasteiger partial charge in [0.05, 0.1) is 24.7 Å². The second-order valence-electron chi connectivity index (χ2n) is 4.32. The molecular formula is C16H16N2O2. The summed E-state index contributed by atoms with van der Waals surface area (Å²) >= 11 is 0. The predicted octanol–water partition coefficient (Wildman–Crippen LogP) is 3.25. The van der Waals surface area contributed by atoms with Crippen LogP contribution in [0, 0.1) is 11.3 Å². The Balaban J connectivity index is 2.40. The Morgan fingerprint density at radius 3 is 2.70 bits per heavy atom. The minimum Gasteiger partial charge on any atom is -0.462 e. The molecule has 1 aromatic heterocycles. The summed E-state index contributed by atoms with van der Waals surface area (Å²) in [5.41, 5.74) is 2.34. The highest BCUT2D eigenvalue weighted by Crippen LogP contribution is 2.25.